The van der Waals surface area contributed by atoms with Crippen LogP contribution in [0.4, 0.5) is 0 Å². The molecule has 1 aliphatic carbocycles. The van der Waals surface area contributed by atoms with E-state index in [1.54, 1.807) is 11.3 Å². The van der Waals surface area contributed by atoms with E-state index in [1.807, 2.05) is 0 Å². The second kappa shape index (κ2) is 6.46. The van der Waals surface area contributed by atoms with Crippen LogP contribution in [0.25, 0.3) is 0 Å². The van der Waals surface area contributed by atoms with Crippen LogP contribution in [0, 0.1) is 5.92 Å². The number of fused-ring (bicyclic) bond motifs is 1. The van der Waals surface area contributed by atoms with E-state index >= 15 is 0 Å². The molecule has 1 fully saturated rings. The van der Waals surface area contributed by atoms with Gasteiger partial charge < -0.3 is 10.6 Å². The maximum atomic E-state index is 12.8. The topological polar surface area (TPSA) is 46.3 Å². The molecular weight excluding hydrogens is 292 g/mol. The maximum absolute atomic E-state index is 12.8. The summed E-state index contributed by atoms with van der Waals surface area (Å²) in [6.45, 7) is 3.71. The Morgan fingerprint density at radius 1 is 1.55 bits per heavy atom. The minimum atomic E-state index is 0. The highest BCUT2D eigenvalue weighted by Crippen LogP contribution is 2.37. The second-order valence-corrected chi connectivity index (χ2v) is 6.92. The molecule has 0 saturated carbocycles. The van der Waals surface area contributed by atoms with Gasteiger partial charge in [-0.15, -0.1) is 23.7 Å². The molecule has 0 bridgehead atoms. The zero-order valence-corrected chi connectivity index (χ0v) is 13.5. The highest BCUT2D eigenvalue weighted by Gasteiger charge is 2.37. The zero-order chi connectivity index (χ0) is 13.4. The molecule has 2 heterocycles. The molecular formula is C15H23ClN2OS. The second-order valence-electron chi connectivity index (χ2n) is 5.92. The molecule has 1 amide bonds. The summed E-state index contributed by atoms with van der Waals surface area (Å²) in [7, 11) is 0. The van der Waals surface area contributed by atoms with Crippen LogP contribution in [-0.2, 0) is 11.2 Å². The average molecular weight is 315 g/mol. The molecule has 3 atom stereocenters. The van der Waals surface area contributed by atoms with Gasteiger partial charge in [-0.25, -0.2) is 0 Å². The Morgan fingerprint density at radius 3 is 3.05 bits per heavy atom. The van der Waals surface area contributed by atoms with Crippen LogP contribution in [-0.4, -0.2) is 29.9 Å². The fraction of sp³-hybridized carbons (Fsp3) is 0.667. The lowest BCUT2D eigenvalue weighted by molar-refractivity contribution is -0.133. The fourth-order valence-corrected chi connectivity index (χ4v) is 4.55. The molecule has 2 N–H and O–H groups in total. The van der Waals surface area contributed by atoms with Crippen molar-refractivity contribution in [2.24, 2.45) is 11.7 Å². The lowest BCUT2D eigenvalue weighted by atomic mass is 9.86. The van der Waals surface area contributed by atoms with Gasteiger partial charge in [0.25, 0.3) is 0 Å². The van der Waals surface area contributed by atoms with E-state index < -0.39 is 0 Å². The van der Waals surface area contributed by atoms with Gasteiger partial charge in [-0.2, -0.15) is 0 Å². The van der Waals surface area contributed by atoms with Crippen LogP contribution >= 0.6 is 23.7 Å². The van der Waals surface area contributed by atoms with E-state index in [9.17, 15) is 4.79 Å². The monoisotopic (exact) mass is 314 g/mol. The van der Waals surface area contributed by atoms with Gasteiger partial charge in [0, 0.05) is 17.5 Å². The molecule has 0 radical (unpaired) electrons. The number of hydrogen-bond acceptors (Lipinski definition) is 3. The lowest BCUT2D eigenvalue weighted by Crippen LogP contribution is -2.38. The first-order valence-electron chi connectivity index (χ1n) is 7.27. The summed E-state index contributed by atoms with van der Waals surface area (Å²) in [5.74, 6) is 0.932. The Kier molecular flexibility index (Phi) is 5.10. The number of carbonyl (C=O) groups is 1. The predicted octanol–water partition coefficient (Wildman–Crippen LogP) is 2.79. The summed E-state index contributed by atoms with van der Waals surface area (Å²) in [6, 6.07) is 2.51. The number of rotatable bonds is 2. The number of hydrogen-bond donors (Lipinski definition) is 1. The van der Waals surface area contributed by atoms with Crippen molar-refractivity contribution in [3.8, 4) is 0 Å². The van der Waals surface area contributed by atoms with Gasteiger partial charge in [-0.05, 0) is 62.1 Å². The van der Waals surface area contributed by atoms with Crippen LogP contribution in [0.1, 0.15) is 42.5 Å². The number of thiophene rings is 1. The third-order valence-corrected chi connectivity index (χ3v) is 5.62. The van der Waals surface area contributed by atoms with Crippen molar-refractivity contribution >= 4 is 29.7 Å². The lowest BCUT2D eigenvalue weighted by Gasteiger charge is -2.29. The van der Waals surface area contributed by atoms with E-state index in [-0.39, 0.29) is 18.3 Å². The van der Waals surface area contributed by atoms with Crippen molar-refractivity contribution in [2.75, 3.05) is 13.1 Å². The van der Waals surface area contributed by atoms with Crippen molar-refractivity contribution < 1.29 is 4.79 Å². The van der Waals surface area contributed by atoms with Crippen molar-refractivity contribution in [2.45, 2.75) is 44.6 Å². The average Bonchev–Trinajstić information content (AvgIpc) is 3.03. The van der Waals surface area contributed by atoms with Gasteiger partial charge in [0.15, 0.2) is 0 Å². The van der Waals surface area contributed by atoms with Gasteiger partial charge >= 0.3 is 0 Å². The molecule has 3 nitrogen and oxygen atoms in total. The van der Waals surface area contributed by atoms with E-state index in [4.69, 9.17) is 5.73 Å². The molecule has 3 unspecified atom stereocenters. The number of halogens is 1. The largest absolute Gasteiger partial charge is 0.339 e. The molecule has 3 rings (SSSR count). The molecule has 1 aromatic heterocycles. The van der Waals surface area contributed by atoms with Gasteiger partial charge in [0.1, 0.15) is 0 Å². The quantitative estimate of drug-likeness (QED) is 0.912. The number of carbonyl (C=O) groups excluding carboxylic acids is 1. The first kappa shape index (κ1) is 15.8. The van der Waals surface area contributed by atoms with Gasteiger partial charge in [0.2, 0.25) is 5.91 Å². The minimum absolute atomic E-state index is 0. The van der Waals surface area contributed by atoms with Crippen LogP contribution < -0.4 is 5.73 Å². The molecule has 20 heavy (non-hydrogen) atoms. The summed E-state index contributed by atoms with van der Waals surface area (Å²) in [5, 5.41) is 2.13. The third kappa shape index (κ3) is 2.74. The highest BCUT2D eigenvalue weighted by molar-refractivity contribution is 7.10. The van der Waals surface area contributed by atoms with Crippen molar-refractivity contribution in [3.63, 3.8) is 0 Å². The van der Waals surface area contributed by atoms with E-state index in [0.717, 1.165) is 32.2 Å². The number of likely N-dealkylation sites (tertiary alicyclic amines) is 1. The van der Waals surface area contributed by atoms with Crippen molar-refractivity contribution in [1.29, 1.82) is 0 Å². The molecule has 2 aliphatic rings. The Morgan fingerprint density at radius 2 is 2.35 bits per heavy atom. The number of nitrogens with zero attached hydrogens (tertiary/aromatic N) is 1. The first-order valence-corrected chi connectivity index (χ1v) is 8.15. The third-order valence-electron chi connectivity index (χ3n) is 4.63. The van der Waals surface area contributed by atoms with Crippen LogP contribution in [0.15, 0.2) is 11.4 Å². The normalized spacial score (nSPS) is 28.9. The van der Waals surface area contributed by atoms with Gasteiger partial charge in [-0.1, -0.05) is 0 Å². The van der Waals surface area contributed by atoms with Crippen molar-refractivity contribution in [3.05, 3.63) is 21.9 Å². The van der Waals surface area contributed by atoms with E-state index in [0.29, 0.717) is 24.4 Å². The Hall–Kier alpha value is -0.580. The molecule has 5 heteroatoms. The van der Waals surface area contributed by atoms with Gasteiger partial charge in [0.05, 0.1) is 5.92 Å². The summed E-state index contributed by atoms with van der Waals surface area (Å²) < 4.78 is 0. The fourth-order valence-electron chi connectivity index (χ4n) is 3.56. The molecule has 1 aliphatic heterocycles. The number of nitrogens with two attached hydrogens (primary N) is 1. The summed E-state index contributed by atoms with van der Waals surface area (Å²) >= 11 is 1.80. The standard InChI is InChI=1S/C15H22N2OS.ClH/c1-10-7-11(8-16)9-17(10)15(18)13-3-2-4-14-12(13)5-6-19-14;/h5-6,10-11,13H,2-4,7-9,16H2,1H3;1H. The number of amides is 1. The zero-order valence-electron chi connectivity index (χ0n) is 11.9. The molecule has 0 aromatic carbocycles. The smallest absolute Gasteiger partial charge is 0.230 e. The Bertz CT molecular complexity index is 476. The number of aryl methyl sites for hydroxylation is 1. The minimum Gasteiger partial charge on any atom is -0.339 e. The van der Waals surface area contributed by atoms with E-state index in [2.05, 4.69) is 23.3 Å². The summed E-state index contributed by atoms with van der Waals surface area (Å²) in [6.07, 6.45) is 4.37. The highest BCUT2D eigenvalue weighted by atomic mass is 35.5. The van der Waals surface area contributed by atoms with Crippen LogP contribution in [0.2, 0.25) is 0 Å². The molecule has 0 spiro atoms. The van der Waals surface area contributed by atoms with E-state index in [1.165, 1.54) is 10.4 Å². The summed E-state index contributed by atoms with van der Waals surface area (Å²) in [4.78, 5) is 16.3. The molecule has 1 saturated heterocycles. The predicted molar refractivity (Wildman–Crippen MR) is 85.6 cm³/mol. The first-order chi connectivity index (χ1) is 9.20. The Labute approximate surface area is 130 Å². The SMILES string of the molecule is CC1CC(CN)CN1C(=O)C1CCCc2sccc21.Cl. The van der Waals surface area contributed by atoms with Crippen LogP contribution in [0.5, 0.6) is 0 Å². The van der Waals surface area contributed by atoms with Crippen molar-refractivity contribution in [1.82, 2.24) is 4.90 Å². The molecule has 112 valence electrons. The molecule has 1 aromatic rings. The Balaban J connectivity index is 0.00000147. The summed E-state index contributed by atoms with van der Waals surface area (Å²) in [5.41, 5.74) is 7.06. The van der Waals surface area contributed by atoms with Crippen LogP contribution in [0.3, 0.4) is 0 Å². The maximum Gasteiger partial charge on any atom is 0.230 e. The van der Waals surface area contributed by atoms with Gasteiger partial charge in [-0.3, -0.25) is 4.79 Å².